The van der Waals surface area contributed by atoms with Gasteiger partial charge in [0.25, 0.3) is 0 Å². The van der Waals surface area contributed by atoms with Crippen molar-refractivity contribution in [1.29, 1.82) is 0 Å². The predicted molar refractivity (Wildman–Crippen MR) is 121 cm³/mol. The molecule has 0 unspecified atom stereocenters. The minimum Gasteiger partial charge on any atom is -0.496 e. The molecular weight excluding hydrogens is 517 g/mol. The molecule has 30 heavy (non-hydrogen) atoms. The number of benzene rings is 1. The third kappa shape index (κ3) is 4.06. The number of thioether (sulfide) groups is 1. The number of hydrogen-bond donors (Lipinski definition) is 0. The van der Waals surface area contributed by atoms with Crippen LogP contribution in [0.5, 0.6) is 5.75 Å². The van der Waals surface area contributed by atoms with Gasteiger partial charge in [-0.1, -0.05) is 23.2 Å². The first kappa shape index (κ1) is 22.9. The van der Waals surface area contributed by atoms with Crippen LogP contribution in [0.15, 0.2) is 37.7 Å². The number of Topliss-reactive ketones (excluding diaryl/α,β-unsaturated/α-hetero) is 1. The quantitative estimate of drug-likeness (QED) is 0.381. The molecule has 0 radical (unpaired) electrons. The Kier molecular flexibility index (Phi) is 7.02. The van der Waals surface area contributed by atoms with E-state index in [4.69, 9.17) is 32.7 Å². The Balaban J connectivity index is 2.07. The maximum Gasteiger partial charge on any atom is 0.340 e. The molecule has 1 aliphatic carbocycles. The predicted octanol–water partition coefficient (Wildman–Crippen LogP) is 5.08. The van der Waals surface area contributed by atoms with Crippen LogP contribution in [0.2, 0.25) is 0 Å². The monoisotopic (exact) mass is 531 g/mol. The number of aromatic nitrogens is 1. The first-order valence-electron chi connectivity index (χ1n) is 8.71. The fourth-order valence-corrected chi connectivity index (χ4v) is 5.00. The molecule has 0 spiro atoms. The average Bonchev–Trinajstić information content (AvgIpc) is 2.98. The van der Waals surface area contributed by atoms with E-state index in [2.05, 4.69) is 15.9 Å². The van der Waals surface area contributed by atoms with Crippen molar-refractivity contribution in [3.05, 3.63) is 48.9 Å². The zero-order valence-electron chi connectivity index (χ0n) is 16.2. The van der Waals surface area contributed by atoms with Crippen LogP contribution in [0, 0.1) is 0 Å². The number of esters is 1. The van der Waals surface area contributed by atoms with Crippen molar-refractivity contribution in [3.63, 3.8) is 0 Å². The summed E-state index contributed by atoms with van der Waals surface area (Å²) in [6, 6.07) is 3.60. The summed E-state index contributed by atoms with van der Waals surface area (Å²) in [6.45, 7) is 1.94. The number of ketones is 2. The molecule has 1 aromatic carbocycles. The number of ether oxygens (including phenoxy) is 2. The number of halogens is 3. The van der Waals surface area contributed by atoms with Gasteiger partial charge < -0.3 is 14.0 Å². The Morgan fingerprint density at radius 1 is 1.23 bits per heavy atom. The van der Waals surface area contributed by atoms with Crippen molar-refractivity contribution in [1.82, 2.24) is 4.57 Å². The molecule has 0 fully saturated rings. The van der Waals surface area contributed by atoms with E-state index in [9.17, 15) is 14.4 Å². The van der Waals surface area contributed by atoms with E-state index >= 15 is 0 Å². The topological polar surface area (TPSA) is 74.6 Å². The molecule has 0 atom stereocenters. The van der Waals surface area contributed by atoms with E-state index in [1.807, 2.05) is 17.7 Å². The number of aryl methyl sites for hydroxylation is 1. The van der Waals surface area contributed by atoms with Crippen molar-refractivity contribution in [2.24, 2.45) is 7.05 Å². The van der Waals surface area contributed by atoms with Crippen LogP contribution in [-0.2, 0) is 27.1 Å². The van der Waals surface area contributed by atoms with Gasteiger partial charge in [-0.25, -0.2) is 4.79 Å². The van der Waals surface area contributed by atoms with Crippen LogP contribution < -0.4 is 4.74 Å². The van der Waals surface area contributed by atoms with Gasteiger partial charge in [-0.05, 0) is 35.0 Å². The highest BCUT2D eigenvalue weighted by atomic mass is 79.9. The normalized spacial score (nSPS) is 14.4. The molecule has 0 N–H and O–H groups in total. The van der Waals surface area contributed by atoms with Gasteiger partial charge in [-0.3, -0.25) is 9.59 Å². The van der Waals surface area contributed by atoms with Crippen LogP contribution in [0.1, 0.15) is 23.0 Å². The van der Waals surface area contributed by atoms with E-state index in [0.29, 0.717) is 22.4 Å². The molecule has 0 saturated heterocycles. The molecule has 1 aliphatic rings. The molecule has 1 aromatic heterocycles. The maximum absolute atomic E-state index is 12.8. The molecule has 0 bridgehead atoms. The molecule has 1 heterocycles. The van der Waals surface area contributed by atoms with Crippen LogP contribution in [0.3, 0.4) is 0 Å². The van der Waals surface area contributed by atoms with Crippen molar-refractivity contribution < 1.29 is 23.9 Å². The summed E-state index contributed by atoms with van der Waals surface area (Å²) in [6.07, 6.45) is 1.16. The summed E-state index contributed by atoms with van der Waals surface area (Å²) in [4.78, 5) is 37.2. The molecule has 10 heteroatoms. The Morgan fingerprint density at radius 2 is 1.93 bits per heavy atom. The summed E-state index contributed by atoms with van der Waals surface area (Å²) < 4.78 is 13.2. The number of nitrogens with zero attached hydrogens (tertiary/aromatic N) is 1. The Hall–Kier alpha value is -1.74. The summed E-state index contributed by atoms with van der Waals surface area (Å²) in [5.41, 5.74) is 1.79. The van der Waals surface area contributed by atoms with Crippen molar-refractivity contribution in [2.45, 2.75) is 12.7 Å². The number of fused-ring (bicyclic) bond motifs is 1. The second kappa shape index (κ2) is 9.18. The first-order chi connectivity index (χ1) is 14.2. The van der Waals surface area contributed by atoms with E-state index in [-0.39, 0.29) is 27.3 Å². The van der Waals surface area contributed by atoms with E-state index in [1.54, 1.807) is 13.0 Å². The summed E-state index contributed by atoms with van der Waals surface area (Å²) in [5, 5.41) is 0.0652. The van der Waals surface area contributed by atoms with Crippen molar-refractivity contribution >= 4 is 79.3 Å². The second-order valence-corrected chi connectivity index (χ2v) is 8.85. The van der Waals surface area contributed by atoms with Gasteiger partial charge in [-0.15, -0.1) is 11.8 Å². The summed E-state index contributed by atoms with van der Waals surface area (Å²) in [7, 11) is 3.35. The third-order valence-corrected chi connectivity index (χ3v) is 7.02. The molecule has 2 aromatic rings. The van der Waals surface area contributed by atoms with Crippen LogP contribution in [-0.4, -0.2) is 35.8 Å². The Labute approximate surface area is 195 Å². The fraction of sp³-hybridized carbons (Fsp3) is 0.250. The molecule has 0 amide bonds. The van der Waals surface area contributed by atoms with Crippen LogP contribution in [0.4, 0.5) is 0 Å². The van der Waals surface area contributed by atoms with Gasteiger partial charge in [0.2, 0.25) is 5.78 Å². The minimum absolute atomic E-state index is 0.160. The van der Waals surface area contributed by atoms with Gasteiger partial charge in [-0.2, -0.15) is 0 Å². The first-order valence-corrected chi connectivity index (χ1v) is 11.2. The standard InChI is InChI=1S/C20H16BrCl2NO5S/c1-4-29-20(27)16-9-5-14(28-3)10(21)6-11(9)24(2)12(16)8-30-15-7-13(25)17(22)18(23)19(15)26/h5-7H,4,8H2,1-3H3. The molecule has 3 rings (SSSR count). The lowest BCUT2D eigenvalue weighted by molar-refractivity contribution is -0.114. The molecule has 0 saturated carbocycles. The largest absolute Gasteiger partial charge is 0.496 e. The highest BCUT2D eigenvalue weighted by molar-refractivity contribution is 9.10. The average molecular weight is 533 g/mol. The second-order valence-electron chi connectivity index (χ2n) is 6.22. The van der Waals surface area contributed by atoms with Crippen LogP contribution in [0.25, 0.3) is 10.9 Å². The Morgan fingerprint density at radius 3 is 2.57 bits per heavy atom. The van der Waals surface area contributed by atoms with Gasteiger partial charge in [0, 0.05) is 30.0 Å². The van der Waals surface area contributed by atoms with Gasteiger partial charge in [0.05, 0.1) is 34.2 Å². The lowest BCUT2D eigenvalue weighted by atomic mass is 10.1. The number of hydrogen-bond acceptors (Lipinski definition) is 6. The third-order valence-electron chi connectivity index (χ3n) is 4.53. The SMILES string of the molecule is CCOC(=O)c1c(CSC2=CC(=O)C(Cl)=C(Cl)C2=O)n(C)c2cc(Br)c(OC)cc12. The Bertz CT molecular complexity index is 1150. The smallest absolute Gasteiger partial charge is 0.340 e. The van der Waals surface area contributed by atoms with Crippen molar-refractivity contribution in [3.8, 4) is 5.75 Å². The summed E-state index contributed by atoms with van der Waals surface area (Å²) in [5.74, 6) is -0.734. The van der Waals surface area contributed by atoms with Crippen molar-refractivity contribution in [2.75, 3.05) is 13.7 Å². The molecule has 158 valence electrons. The number of allylic oxidation sites excluding steroid dienone is 4. The molecule has 0 aliphatic heterocycles. The van der Waals surface area contributed by atoms with Gasteiger partial charge in [0.15, 0.2) is 5.78 Å². The lowest BCUT2D eigenvalue weighted by Crippen LogP contribution is -2.13. The highest BCUT2D eigenvalue weighted by Gasteiger charge is 2.29. The number of carbonyl (C=O) groups excluding carboxylic acids is 3. The minimum atomic E-state index is -0.528. The zero-order valence-corrected chi connectivity index (χ0v) is 20.1. The number of carbonyl (C=O) groups is 3. The van der Waals surface area contributed by atoms with Gasteiger partial charge >= 0.3 is 5.97 Å². The highest BCUT2D eigenvalue weighted by Crippen LogP contribution is 2.38. The number of rotatable bonds is 6. The van der Waals surface area contributed by atoms with E-state index in [0.717, 1.165) is 27.8 Å². The lowest BCUT2D eigenvalue weighted by Gasteiger charge is -2.12. The fourth-order valence-electron chi connectivity index (χ4n) is 3.06. The summed E-state index contributed by atoms with van der Waals surface area (Å²) >= 11 is 16.2. The zero-order chi connectivity index (χ0) is 22.2. The molecular formula is C20H16BrCl2NO5S. The van der Waals surface area contributed by atoms with Crippen LogP contribution >= 0.6 is 50.9 Å². The maximum atomic E-state index is 12.8. The van der Waals surface area contributed by atoms with E-state index < -0.39 is 17.5 Å². The van der Waals surface area contributed by atoms with E-state index in [1.165, 1.54) is 7.11 Å². The molecule has 6 nitrogen and oxygen atoms in total. The van der Waals surface area contributed by atoms with Gasteiger partial charge in [0.1, 0.15) is 15.8 Å². The number of methoxy groups -OCH3 is 1.